The minimum atomic E-state index is -0.601. The van der Waals surface area contributed by atoms with Crippen LogP contribution in [0.5, 0.6) is 0 Å². The van der Waals surface area contributed by atoms with Crippen molar-refractivity contribution in [1.82, 2.24) is 4.98 Å². The lowest BCUT2D eigenvalue weighted by atomic mass is 9.97. The molecule has 2 heterocycles. The SMILES string of the molecule is O=C(Nc1cnccc1Cl)C1OCCc2ccccc21. The molecule has 0 spiro atoms. The van der Waals surface area contributed by atoms with Gasteiger partial charge >= 0.3 is 0 Å². The maximum atomic E-state index is 12.4. The van der Waals surface area contributed by atoms with Gasteiger partial charge in [0.1, 0.15) is 0 Å². The zero-order valence-electron chi connectivity index (χ0n) is 10.7. The molecular weight excluding hydrogens is 276 g/mol. The Morgan fingerprint density at radius 1 is 1.35 bits per heavy atom. The van der Waals surface area contributed by atoms with E-state index >= 15 is 0 Å². The van der Waals surface area contributed by atoms with E-state index in [1.165, 1.54) is 6.20 Å². The number of carbonyl (C=O) groups is 1. The molecule has 0 saturated heterocycles. The third-order valence-corrected chi connectivity index (χ3v) is 3.59. The number of hydrogen-bond donors (Lipinski definition) is 1. The number of nitrogens with one attached hydrogen (secondary N) is 1. The van der Waals surface area contributed by atoms with Gasteiger partial charge in [0.2, 0.25) is 0 Å². The number of anilines is 1. The van der Waals surface area contributed by atoms with E-state index in [0.717, 1.165) is 17.5 Å². The Bertz CT molecular complexity index is 645. The second kappa shape index (κ2) is 5.61. The average Bonchev–Trinajstić information content (AvgIpc) is 2.49. The second-order valence-corrected chi connectivity index (χ2v) is 4.95. The summed E-state index contributed by atoms with van der Waals surface area (Å²) >= 11 is 6.01. The van der Waals surface area contributed by atoms with Gasteiger partial charge in [0.15, 0.2) is 6.10 Å². The highest BCUT2D eigenvalue weighted by Crippen LogP contribution is 2.29. The first-order valence-corrected chi connectivity index (χ1v) is 6.73. The highest BCUT2D eigenvalue weighted by Gasteiger charge is 2.27. The molecule has 1 atom stereocenters. The van der Waals surface area contributed by atoms with Crippen LogP contribution < -0.4 is 5.32 Å². The number of amides is 1. The standard InChI is InChI=1S/C15H13ClN2O2/c16-12-5-7-17-9-13(12)18-15(19)14-11-4-2-1-3-10(11)6-8-20-14/h1-5,7,9,14H,6,8H2,(H,18,19). The van der Waals surface area contributed by atoms with Gasteiger partial charge in [0.05, 0.1) is 23.5 Å². The molecule has 2 aromatic rings. The number of aromatic nitrogens is 1. The lowest BCUT2D eigenvalue weighted by Crippen LogP contribution is -2.28. The zero-order valence-corrected chi connectivity index (χ0v) is 11.4. The van der Waals surface area contributed by atoms with Crippen molar-refractivity contribution in [2.45, 2.75) is 12.5 Å². The summed E-state index contributed by atoms with van der Waals surface area (Å²) in [5.41, 5.74) is 2.55. The average molecular weight is 289 g/mol. The van der Waals surface area contributed by atoms with Gasteiger partial charge in [-0.1, -0.05) is 35.9 Å². The van der Waals surface area contributed by atoms with E-state index in [-0.39, 0.29) is 5.91 Å². The van der Waals surface area contributed by atoms with Crippen LogP contribution in [0.2, 0.25) is 5.02 Å². The molecule has 0 fully saturated rings. The van der Waals surface area contributed by atoms with Crippen LogP contribution in [0.1, 0.15) is 17.2 Å². The molecule has 1 unspecified atom stereocenters. The fourth-order valence-electron chi connectivity index (χ4n) is 2.28. The van der Waals surface area contributed by atoms with Gasteiger partial charge in [-0.2, -0.15) is 0 Å². The summed E-state index contributed by atoms with van der Waals surface area (Å²) in [5, 5.41) is 3.22. The van der Waals surface area contributed by atoms with Crippen LogP contribution in [-0.2, 0) is 16.0 Å². The Balaban J connectivity index is 1.84. The van der Waals surface area contributed by atoms with Gasteiger partial charge in [-0.25, -0.2) is 0 Å². The first-order valence-electron chi connectivity index (χ1n) is 6.35. The molecule has 1 N–H and O–H groups in total. The Hall–Kier alpha value is -1.91. The molecule has 1 aliphatic heterocycles. The lowest BCUT2D eigenvalue weighted by molar-refractivity contribution is -0.128. The Morgan fingerprint density at radius 2 is 2.20 bits per heavy atom. The topological polar surface area (TPSA) is 51.2 Å². The van der Waals surface area contributed by atoms with Crippen LogP contribution >= 0.6 is 11.6 Å². The number of fused-ring (bicyclic) bond motifs is 1. The minimum Gasteiger partial charge on any atom is -0.363 e. The minimum absolute atomic E-state index is 0.230. The van der Waals surface area contributed by atoms with Gasteiger partial charge < -0.3 is 10.1 Å². The lowest BCUT2D eigenvalue weighted by Gasteiger charge is -2.25. The fourth-order valence-corrected chi connectivity index (χ4v) is 2.43. The number of hydrogen-bond acceptors (Lipinski definition) is 3. The van der Waals surface area contributed by atoms with Crippen LogP contribution in [-0.4, -0.2) is 17.5 Å². The van der Waals surface area contributed by atoms with Crippen molar-refractivity contribution in [3.05, 3.63) is 58.9 Å². The molecule has 102 valence electrons. The molecule has 3 rings (SSSR count). The fraction of sp³-hybridized carbons (Fsp3) is 0.200. The third-order valence-electron chi connectivity index (χ3n) is 3.26. The summed E-state index contributed by atoms with van der Waals surface area (Å²) < 4.78 is 5.60. The molecule has 1 aromatic carbocycles. The van der Waals surface area contributed by atoms with Crippen LogP contribution in [0.25, 0.3) is 0 Å². The first-order chi connectivity index (χ1) is 9.75. The van der Waals surface area contributed by atoms with E-state index in [1.807, 2.05) is 24.3 Å². The Labute approximate surface area is 121 Å². The van der Waals surface area contributed by atoms with Gasteiger partial charge in [-0.3, -0.25) is 9.78 Å². The number of nitrogens with zero attached hydrogens (tertiary/aromatic N) is 1. The molecule has 1 aliphatic rings. The number of ether oxygens (including phenoxy) is 1. The van der Waals surface area contributed by atoms with E-state index in [1.54, 1.807) is 12.3 Å². The van der Waals surface area contributed by atoms with Crippen molar-refractivity contribution in [2.75, 3.05) is 11.9 Å². The molecular formula is C15H13ClN2O2. The quantitative estimate of drug-likeness (QED) is 0.924. The number of halogens is 1. The highest BCUT2D eigenvalue weighted by molar-refractivity contribution is 6.33. The summed E-state index contributed by atoms with van der Waals surface area (Å²) in [6, 6.07) is 9.45. The van der Waals surface area contributed by atoms with E-state index in [9.17, 15) is 4.79 Å². The van der Waals surface area contributed by atoms with Crippen molar-refractivity contribution < 1.29 is 9.53 Å². The predicted octanol–water partition coefficient (Wildman–Crippen LogP) is 2.99. The van der Waals surface area contributed by atoms with E-state index < -0.39 is 6.10 Å². The molecule has 5 heteroatoms. The molecule has 0 saturated carbocycles. The van der Waals surface area contributed by atoms with Crippen LogP contribution in [0.3, 0.4) is 0 Å². The molecule has 1 aromatic heterocycles. The Morgan fingerprint density at radius 3 is 3.05 bits per heavy atom. The van der Waals surface area contributed by atoms with E-state index in [2.05, 4.69) is 10.3 Å². The number of carbonyl (C=O) groups excluding carboxylic acids is 1. The van der Waals surface area contributed by atoms with Gasteiger partial charge in [0, 0.05) is 6.20 Å². The summed E-state index contributed by atoms with van der Waals surface area (Å²) in [4.78, 5) is 16.3. The third kappa shape index (κ3) is 2.53. The molecule has 0 aliphatic carbocycles. The zero-order chi connectivity index (χ0) is 13.9. The van der Waals surface area contributed by atoms with E-state index in [4.69, 9.17) is 16.3 Å². The smallest absolute Gasteiger partial charge is 0.258 e. The Kier molecular flexibility index (Phi) is 3.67. The van der Waals surface area contributed by atoms with Crippen molar-refractivity contribution in [3.8, 4) is 0 Å². The maximum absolute atomic E-state index is 12.4. The van der Waals surface area contributed by atoms with Gasteiger partial charge in [0.25, 0.3) is 5.91 Å². The van der Waals surface area contributed by atoms with Crippen LogP contribution in [0.4, 0.5) is 5.69 Å². The number of rotatable bonds is 2. The van der Waals surface area contributed by atoms with Crippen molar-refractivity contribution in [1.29, 1.82) is 0 Å². The second-order valence-electron chi connectivity index (χ2n) is 4.54. The highest BCUT2D eigenvalue weighted by atomic mass is 35.5. The molecule has 0 radical (unpaired) electrons. The first kappa shape index (κ1) is 13.1. The number of pyridine rings is 1. The number of benzene rings is 1. The van der Waals surface area contributed by atoms with Crippen molar-refractivity contribution >= 4 is 23.2 Å². The normalized spacial score (nSPS) is 17.4. The molecule has 20 heavy (non-hydrogen) atoms. The summed E-state index contributed by atoms with van der Waals surface area (Å²) in [6.45, 7) is 0.538. The van der Waals surface area contributed by atoms with Gasteiger partial charge in [-0.05, 0) is 23.6 Å². The summed E-state index contributed by atoms with van der Waals surface area (Å²) in [6.07, 6.45) is 3.32. The maximum Gasteiger partial charge on any atom is 0.258 e. The van der Waals surface area contributed by atoms with Crippen LogP contribution in [0, 0.1) is 0 Å². The molecule has 4 nitrogen and oxygen atoms in total. The molecule has 0 bridgehead atoms. The van der Waals surface area contributed by atoms with Gasteiger partial charge in [-0.15, -0.1) is 0 Å². The van der Waals surface area contributed by atoms with E-state index in [0.29, 0.717) is 17.3 Å². The van der Waals surface area contributed by atoms with Crippen molar-refractivity contribution in [2.24, 2.45) is 0 Å². The van der Waals surface area contributed by atoms with Crippen LogP contribution in [0.15, 0.2) is 42.7 Å². The largest absolute Gasteiger partial charge is 0.363 e. The molecule has 1 amide bonds. The monoisotopic (exact) mass is 288 g/mol. The summed E-state index contributed by atoms with van der Waals surface area (Å²) in [5.74, 6) is -0.230. The summed E-state index contributed by atoms with van der Waals surface area (Å²) in [7, 11) is 0. The van der Waals surface area contributed by atoms with Crippen molar-refractivity contribution in [3.63, 3.8) is 0 Å². The predicted molar refractivity (Wildman–Crippen MR) is 76.7 cm³/mol.